The summed E-state index contributed by atoms with van der Waals surface area (Å²) in [5, 5.41) is 2.13. The lowest BCUT2D eigenvalue weighted by Gasteiger charge is -2.12. The second-order valence-electron chi connectivity index (χ2n) is 4.53. The topological polar surface area (TPSA) is 44.5 Å². The molecule has 0 heterocycles. The van der Waals surface area contributed by atoms with E-state index in [1.165, 1.54) is 5.56 Å². The van der Waals surface area contributed by atoms with Crippen molar-refractivity contribution in [2.75, 3.05) is 14.2 Å². The van der Waals surface area contributed by atoms with Crippen LogP contribution in [-0.2, 0) is 6.42 Å². The average Bonchev–Trinajstić information content (AvgIpc) is 2.36. The molecule has 2 N–H and O–H groups in total. The van der Waals surface area contributed by atoms with Gasteiger partial charge in [0.25, 0.3) is 0 Å². The summed E-state index contributed by atoms with van der Waals surface area (Å²) in [4.78, 5) is 0. The van der Waals surface area contributed by atoms with E-state index in [1.807, 2.05) is 19.1 Å². The van der Waals surface area contributed by atoms with Crippen LogP contribution in [0.4, 0.5) is 0 Å². The molecule has 0 saturated carbocycles. The molecule has 0 bridgehead atoms. The van der Waals surface area contributed by atoms with Gasteiger partial charge in [-0.1, -0.05) is 12.1 Å². The zero-order valence-corrected chi connectivity index (χ0v) is 12.3. The molecular weight excluding hydrogens is 262 g/mol. The summed E-state index contributed by atoms with van der Waals surface area (Å²) in [5.41, 5.74) is 7.05. The van der Waals surface area contributed by atoms with E-state index in [0.29, 0.717) is 0 Å². The highest BCUT2D eigenvalue weighted by molar-refractivity contribution is 5.93. The number of hydrogen-bond donors (Lipinski definition) is 1. The standard InChI is InChI=1S/C15H19NO2.ClH/c1-10(16)8-11-4-5-12-13(9-11)15(18-3)7-6-14(12)17-2;/h4-7,9-10H,8,16H2,1-3H3;1H. The number of benzene rings is 2. The van der Waals surface area contributed by atoms with E-state index in [4.69, 9.17) is 15.2 Å². The zero-order valence-electron chi connectivity index (χ0n) is 11.5. The Hall–Kier alpha value is -1.45. The maximum atomic E-state index is 5.84. The molecule has 4 heteroatoms. The van der Waals surface area contributed by atoms with Crippen molar-refractivity contribution in [1.29, 1.82) is 0 Å². The molecule has 104 valence electrons. The Bertz CT molecular complexity index is 555. The minimum absolute atomic E-state index is 0. The van der Waals surface area contributed by atoms with E-state index < -0.39 is 0 Å². The number of fused-ring (bicyclic) bond motifs is 1. The van der Waals surface area contributed by atoms with E-state index in [9.17, 15) is 0 Å². The first-order valence-electron chi connectivity index (χ1n) is 6.05. The predicted octanol–water partition coefficient (Wildman–Crippen LogP) is 3.17. The van der Waals surface area contributed by atoms with Gasteiger partial charge in [0, 0.05) is 16.8 Å². The van der Waals surface area contributed by atoms with Crippen LogP contribution in [0.25, 0.3) is 10.8 Å². The number of nitrogens with two attached hydrogens (primary N) is 1. The third kappa shape index (κ3) is 3.31. The number of rotatable bonds is 4. The second-order valence-corrected chi connectivity index (χ2v) is 4.53. The van der Waals surface area contributed by atoms with Crippen LogP contribution in [0.2, 0.25) is 0 Å². The van der Waals surface area contributed by atoms with Gasteiger partial charge in [-0.25, -0.2) is 0 Å². The molecule has 3 nitrogen and oxygen atoms in total. The van der Waals surface area contributed by atoms with E-state index in [1.54, 1.807) is 14.2 Å². The average molecular weight is 282 g/mol. The predicted molar refractivity (Wildman–Crippen MR) is 81.7 cm³/mol. The van der Waals surface area contributed by atoms with Crippen molar-refractivity contribution in [2.45, 2.75) is 19.4 Å². The SMILES string of the molecule is COc1ccc(OC)c2cc(CC(C)N)ccc12.Cl. The van der Waals surface area contributed by atoms with Crippen LogP contribution in [0, 0.1) is 0 Å². The van der Waals surface area contributed by atoms with Crippen LogP contribution >= 0.6 is 12.4 Å². The summed E-state index contributed by atoms with van der Waals surface area (Å²) in [5.74, 6) is 1.72. The molecule has 0 fully saturated rings. The number of methoxy groups -OCH3 is 2. The molecule has 2 rings (SSSR count). The minimum atomic E-state index is 0. The van der Waals surface area contributed by atoms with Crippen molar-refractivity contribution in [3.8, 4) is 11.5 Å². The largest absolute Gasteiger partial charge is 0.496 e. The van der Waals surface area contributed by atoms with Crippen molar-refractivity contribution >= 4 is 23.2 Å². The smallest absolute Gasteiger partial charge is 0.126 e. The third-order valence-corrected chi connectivity index (χ3v) is 3.00. The van der Waals surface area contributed by atoms with Crippen LogP contribution in [0.3, 0.4) is 0 Å². The first-order chi connectivity index (χ1) is 8.65. The van der Waals surface area contributed by atoms with Crippen LogP contribution in [0.5, 0.6) is 11.5 Å². The molecule has 0 saturated heterocycles. The molecule has 1 unspecified atom stereocenters. The van der Waals surface area contributed by atoms with Crippen molar-refractivity contribution in [3.05, 3.63) is 35.9 Å². The van der Waals surface area contributed by atoms with Gasteiger partial charge in [-0.3, -0.25) is 0 Å². The second kappa shape index (κ2) is 6.64. The van der Waals surface area contributed by atoms with Gasteiger partial charge in [-0.05, 0) is 37.1 Å². The summed E-state index contributed by atoms with van der Waals surface area (Å²) in [6.45, 7) is 2.01. The lowest BCUT2D eigenvalue weighted by atomic mass is 10.0. The zero-order chi connectivity index (χ0) is 13.1. The molecule has 0 aliphatic rings. The Balaban J connectivity index is 0.00000180. The Morgan fingerprint density at radius 1 is 1.00 bits per heavy atom. The summed E-state index contributed by atoms with van der Waals surface area (Å²) < 4.78 is 10.8. The first kappa shape index (κ1) is 15.6. The van der Waals surface area contributed by atoms with Gasteiger partial charge in [0.05, 0.1) is 14.2 Å². The molecule has 1 atom stereocenters. The summed E-state index contributed by atoms with van der Waals surface area (Å²) in [6, 6.07) is 10.3. The fourth-order valence-electron chi connectivity index (χ4n) is 2.20. The molecule has 0 radical (unpaired) electrons. The van der Waals surface area contributed by atoms with E-state index >= 15 is 0 Å². The van der Waals surface area contributed by atoms with Crippen LogP contribution in [0.15, 0.2) is 30.3 Å². The Morgan fingerprint density at radius 3 is 2.11 bits per heavy atom. The van der Waals surface area contributed by atoms with Crippen LogP contribution < -0.4 is 15.2 Å². The van der Waals surface area contributed by atoms with Crippen molar-refractivity contribution in [3.63, 3.8) is 0 Å². The molecule has 0 aliphatic heterocycles. The lowest BCUT2D eigenvalue weighted by Crippen LogP contribution is -2.17. The number of hydrogen-bond acceptors (Lipinski definition) is 3. The molecule has 2 aromatic rings. The summed E-state index contributed by atoms with van der Waals surface area (Å²) in [7, 11) is 3.36. The first-order valence-corrected chi connectivity index (χ1v) is 6.05. The van der Waals surface area contributed by atoms with E-state index in [-0.39, 0.29) is 18.4 Å². The Morgan fingerprint density at radius 2 is 1.58 bits per heavy atom. The van der Waals surface area contributed by atoms with E-state index in [0.717, 1.165) is 28.7 Å². The van der Waals surface area contributed by atoms with Gasteiger partial charge in [-0.2, -0.15) is 0 Å². The quantitative estimate of drug-likeness (QED) is 0.936. The lowest BCUT2D eigenvalue weighted by molar-refractivity contribution is 0.410. The molecular formula is C15H20ClNO2. The van der Waals surface area contributed by atoms with Gasteiger partial charge in [0.1, 0.15) is 11.5 Å². The highest BCUT2D eigenvalue weighted by Gasteiger charge is 2.08. The molecule has 0 spiro atoms. The van der Waals surface area contributed by atoms with Gasteiger partial charge in [0.2, 0.25) is 0 Å². The van der Waals surface area contributed by atoms with E-state index in [2.05, 4.69) is 18.2 Å². The highest BCUT2D eigenvalue weighted by atomic mass is 35.5. The molecule has 19 heavy (non-hydrogen) atoms. The van der Waals surface area contributed by atoms with Crippen molar-refractivity contribution in [2.24, 2.45) is 5.73 Å². The Labute approximate surface area is 120 Å². The molecule has 0 aliphatic carbocycles. The van der Waals surface area contributed by atoms with Crippen LogP contribution in [-0.4, -0.2) is 20.3 Å². The fraction of sp³-hybridized carbons (Fsp3) is 0.333. The minimum Gasteiger partial charge on any atom is -0.496 e. The van der Waals surface area contributed by atoms with Crippen molar-refractivity contribution < 1.29 is 9.47 Å². The molecule has 2 aromatic carbocycles. The third-order valence-electron chi connectivity index (χ3n) is 3.00. The fourth-order valence-corrected chi connectivity index (χ4v) is 2.20. The maximum Gasteiger partial charge on any atom is 0.126 e. The molecule has 0 amide bonds. The van der Waals surface area contributed by atoms with Crippen LogP contribution in [0.1, 0.15) is 12.5 Å². The van der Waals surface area contributed by atoms with Gasteiger partial charge in [-0.15, -0.1) is 12.4 Å². The summed E-state index contributed by atoms with van der Waals surface area (Å²) in [6.07, 6.45) is 0.857. The van der Waals surface area contributed by atoms with Crippen molar-refractivity contribution in [1.82, 2.24) is 0 Å². The van der Waals surface area contributed by atoms with Gasteiger partial charge in [0.15, 0.2) is 0 Å². The van der Waals surface area contributed by atoms with Gasteiger partial charge >= 0.3 is 0 Å². The maximum absolute atomic E-state index is 5.84. The van der Waals surface area contributed by atoms with Gasteiger partial charge < -0.3 is 15.2 Å². The number of ether oxygens (including phenoxy) is 2. The Kier molecular flexibility index (Phi) is 5.45. The molecule has 0 aromatic heterocycles. The normalized spacial score (nSPS) is 11.8. The monoisotopic (exact) mass is 281 g/mol. The number of halogens is 1. The highest BCUT2D eigenvalue weighted by Crippen LogP contribution is 2.33. The summed E-state index contributed by atoms with van der Waals surface area (Å²) >= 11 is 0.